The number of ether oxygens (including phenoxy) is 1. The smallest absolute Gasteiger partial charge is 0.0957 e. The highest BCUT2D eigenvalue weighted by molar-refractivity contribution is 7.16. The molecule has 0 spiro atoms. The minimum absolute atomic E-state index is 0.176. The summed E-state index contributed by atoms with van der Waals surface area (Å²) in [4.78, 5) is 1.20. The van der Waals surface area contributed by atoms with Gasteiger partial charge < -0.3 is 4.74 Å². The van der Waals surface area contributed by atoms with E-state index in [9.17, 15) is 0 Å². The van der Waals surface area contributed by atoms with Gasteiger partial charge in [0.1, 0.15) is 0 Å². The molecule has 0 radical (unpaired) electrons. The second kappa shape index (κ2) is 4.18. The lowest BCUT2D eigenvalue weighted by Crippen LogP contribution is -2.06. The Morgan fingerprint density at radius 3 is 3.00 bits per heavy atom. The van der Waals surface area contributed by atoms with Gasteiger partial charge in [-0.3, -0.25) is 0 Å². The van der Waals surface area contributed by atoms with Gasteiger partial charge in [0.25, 0.3) is 0 Å². The lowest BCUT2D eigenvalue weighted by atomic mass is 10.0. The first-order valence-electron chi connectivity index (χ1n) is 4.24. The maximum Gasteiger partial charge on any atom is 0.0957 e. The molecule has 1 aromatic heterocycles. The standard InChI is InChI=1S/C9H10Cl2OS/c10-5-6-3-4-12-9(6)7-1-2-8(11)13-7/h1-2,6,9H,3-5H2. The largest absolute Gasteiger partial charge is 0.372 e. The van der Waals surface area contributed by atoms with Gasteiger partial charge in [-0.15, -0.1) is 22.9 Å². The van der Waals surface area contributed by atoms with E-state index in [-0.39, 0.29) is 6.10 Å². The lowest BCUT2D eigenvalue weighted by molar-refractivity contribution is 0.0980. The second-order valence-corrected chi connectivity index (χ2v) is 5.19. The Hall–Kier alpha value is 0.240. The molecule has 1 aliphatic rings. The molecule has 2 atom stereocenters. The summed E-state index contributed by atoms with van der Waals surface area (Å²) in [6.45, 7) is 0.817. The highest BCUT2D eigenvalue weighted by atomic mass is 35.5. The van der Waals surface area contributed by atoms with Crippen LogP contribution in [0.2, 0.25) is 4.34 Å². The van der Waals surface area contributed by atoms with Crippen LogP contribution < -0.4 is 0 Å². The molecule has 4 heteroatoms. The van der Waals surface area contributed by atoms with Crippen LogP contribution in [0, 0.1) is 5.92 Å². The van der Waals surface area contributed by atoms with Crippen molar-refractivity contribution in [3.8, 4) is 0 Å². The van der Waals surface area contributed by atoms with Crippen molar-refractivity contribution < 1.29 is 4.74 Å². The molecule has 1 aliphatic heterocycles. The van der Waals surface area contributed by atoms with Crippen molar-refractivity contribution in [1.29, 1.82) is 0 Å². The third-order valence-electron chi connectivity index (χ3n) is 2.29. The number of halogens is 2. The highest BCUT2D eigenvalue weighted by Gasteiger charge is 2.29. The molecule has 0 N–H and O–H groups in total. The first-order chi connectivity index (χ1) is 6.31. The molecule has 1 nitrogen and oxygen atoms in total. The van der Waals surface area contributed by atoms with Crippen molar-refractivity contribution in [1.82, 2.24) is 0 Å². The van der Waals surface area contributed by atoms with Crippen LogP contribution >= 0.6 is 34.5 Å². The van der Waals surface area contributed by atoms with Crippen LogP contribution in [0.3, 0.4) is 0 Å². The van der Waals surface area contributed by atoms with Crippen LogP contribution in [-0.2, 0) is 4.74 Å². The summed E-state index contributed by atoms with van der Waals surface area (Å²) in [6.07, 6.45) is 1.24. The monoisotopic (exact) mass is 236 g/mol. The quantitative estimate of drug-likeness (QED) is 0.712. The summed E-state index contributed by atoms with van der Waals surface area (Å²) in [5, 5.41) is 0. The number of hydrogen-bond donors (Lipinski definition) is 0. The van der Waals surface area contributed by atoms with E-state index >= 15 is 0 Å². The topological polar surface area (TPSA) is 9.23 Å². The fourth-order valence-electron chi connectivity index (χ4n) is 1.59. The van der Waals surface area contributed by atoms with Gasteiger partial charge in [0.15, 0.2) is 0 Å². The van der Waals surface area contributed by atoms with Crippen LogP contribution in [0.25, 0.3) is 0 Å². The zero-order chi connectivity index (χ0) is 9.26. The van der Waals surface area contributed by atoms with Crippen LogP contribution in [0.5, 0.6) is 0 Å². The second-order valence-electron chi connectivity index (χ2n) is 3.14. The molecule has 0 amide bonds. The first kappa shape index (κ1) is 9.78. The van der Waals surface area contributed by atoms with Crippen LogP contribution in [-0.4, -0.2) is 12.5 Å². The number of hydrogen-bond acceptors (Lipinski definition) is 2. The molecule has 1 aromatic rings. The maximum atomic E-state index is 5.86. The summed E-state index contributed by atoms with van der Waals surface area (Å²) >= 11 is 13.3. The van der Waals surface area contributed by atoms with Crippen LogP contribution in [0.1, 0.15) is 17.4 Å². The van der Waals surface area contributed by atoms with E-state index in [1.165, 1.54) is 4.88 Å². The molecule has 2 unspecified atom stereocenters. The van der Waals surface area contributed by atoms with Crippen molar-refractivity contribution in [2.45, 2.75) is 12.5 Å². The fourth-order valence-corrected chi connectivity index (χ4v) is 3.11. The Morgan fingerprint density at radius 2 is 2.38 bits per heavy atom. The van der Waals surface area contributed by atoms with Gasteiger partial charge in [0.2, 0.25) is 0 Å². The van der Waals surface area contributed by atoms with Crippen molar-refractivity contribution in [3.63, 3.8) is 0 Å². The minimum atomic E-state index is 0.176. The lowest BCUT2D eigenvalue weighted by Gasteiger charge is -2.13. The van der Waals surface area contributed by atoms with Gasteiger partial charge >= 0.3 is 0 Å². The van der Waals surface area contributed by atoms with E-state index in [1.807, 2.05) is 12.1 Å². The van der Waals surface area contributed by atoms with Crippen molar-refractivity contribution in [2.24, 2.45) is 5.92 Å². The molecule has 2 rings (SSSR count). The van der Waals surface area contributed by atoms with E-state index in [2.05, 4.69) is 0 Å². The van der Waals surface area contributed by atoms with Gasteiger partial charge in [-0.05, 0) is 18.6 Å². The number of thiophene rings is 1. The SMILES string of the molecule is ClCC1CCOC1c1ccc(Cl)s1. The van der Waals surface area contributed by atoms with Gasteiger partial charge in [0, 0.05) is 23.3 Å². The van der Waals surface area contributed by atoms with Crippen molar-refractivity contribution in [3.05, 3.63) is 21.3 Å². The van der Waals surface area contributed by atoms with E-state index in [4.69, 9.17) is 27.9 Å². The molecule has 1 saturated heterocycles. The van der Waals surface area contributed by atoms with E-state index in [1.54, 1.807) is 11.3 Å². The maximum absolute atomic E-state index is 5.86. The van der Waals surface area contributed by atoms with Crippen molar-refractivity contribution >= 4 is 34.5 Å². The Morgan fingerprint density at radius 1 is 1.54 bits per heavy atom. The zero-order valence-corrected chi connectivity index (χ0v) is 9.33. The van der Waals surface area contributed by atoms with E-state index < -0.39 is 0 Å². The van der Waals surface area contributed by atoms with Crippen LogP contribution in [0.4, 0.5) is 0 Å². The molecule has 0 saturated carbocycles. The van der Waals surface area contributed by atoms with E-state index in [0.717, 1.165) is 17.4 Å². The average Bonchev–Trinajstić information content (AvgIpc) is 2.71. The third-order valence-corrected chi connectivity index (χ3v) is 3.98. The van der Waals surface area contributed by atoms with E-state index in [0.29, 0.717) is 11.8 Å². The molecule has 2 heterocycles. The summed E-state index contributed by atoms with van der Waals surface area (Å²) in [5.41, 5.74) is 0. The molecule has 13 heavy (non-hydrogen) atoms. The number of rotatable bonds is 2. The zero-order valence-electron chi connectivity index (χ0n) is 7.00. The minimum Gasteiger partial charge on any atom is -0.372 e. The van der Waals surface area contributed by atoms with Gasteiger partial charge in [0.05, 0.1) is 10.4 Å². The Labute approximate surface area is 91.6 Å². The Kier molecular flexibility index (Phi) is 3.14. The number of alkyl halides is 1. The summed E-state index contributed by atoms with van der Waals surface area (Å²) in [6, 6.07) is 3.94. The summed E-state index contributed by atoms with van der Waals surface area (Å²) < 4.78 is 6.44. The van der Waals surface area contributed by atoms with Gasteiger partial charge in [-0.2, -0.15) is 0 Å². The Bertz CT molecular complexity index is 287. The van der Waals surface area contributed by atoms with Gasteiger partial charge in [-0.25, -0.2) is 0 Å². The summed E-state index contributed by atoms with van der Waals surface area (Å²) in [7, 11) is 0. The average molecular weight is 237 g/mol. The third kappa shape index (κ3) is 2.01. The normalized spacial score (nSPS) is 28.2. The first-order valence-corrected chi connectivity index (χ1v) is 5.97. The summed E-state index contributed by atoms with van der Waals surface area (Å²) in [5.74, 6) is 1.12. The molecular formula is C9H10Cl2OS. The predicted molar refractivity (Wildman–Crippen MR) is 56.8 cm³/mol. The molecule has 1 fully saturated rings. The predicted octanol–water partition coefficient (Wildman–Crippen LogP) is 3.72. The molecular weight excluding hydrogens is 227 g/mol. The fraction of sp³-hybridized carbons (Fsp3) is 0.556. The molecule has 0 aromatic carbocycles. The highest BCUT2D eigenvalue weighted by Crippen LogP contribution is 2.39. The molecule has 0 bridgehead atoms. The van der Waals surface area contributed by atoms with Gasteiger partial charge in [-0.1, -0.05) is 11.6 Å². The molecule has 72 valence electrons. The molecule has 0 aliphatic carbocycles. The van der Waals surface area contributed by atoms with Crippen LogP contribution in [0.15, 0.2) is 12.1 Å². The Balaban J connectivity index is 2.15. The van der Waals surface area contributed by atoms with Crippen molar-refractivity contribution in [2.75, 3.05) is 12.5 Å².